The monoisotopic (exact) mass is 275 g/mol. The average Bonchev–Trinajstić information content (AvgIpc) is 3.10. The Kier molecular flexibility index (Phi) is 3.92. The van der Waals surface area contributed by atoms with Gasteiger partial charge in [-0.3, -0.25) is 9.48 Å². The number of carbonyl (C=O) groups excluding carboxylic acids is 1. The molecule has 1 aliphatic heterocycles. The molecule has 1 saturated heterocycles. The Morgan fingerprint density at radius 3 is 2.90 bits per heavy atom. The molecule has 2 aliphatic rings. The maximum absolute atomic E-state index is 12.4. The zero-order chi connectivity index (χ0) is 14.0. The van der Waals surface area contributed by atoms with Crippen LogP contribution in [0, 0.1) is 0 Å². The first-order chi connectivity index (χ1) is 9.67. The van der Waals surface area contributed by atoms with Crippen molar-refractivity contribution in [2.75, 3.05) is 6.54 Å². The molecule has 0 bridgehead atoms. The van der Waals surface area contributed by atoms with Crippen LogP contribution in [-0.4, -0.2) is 27.6 Å². The second-order valence-electron chi connectivity index (χ2n) is 6.54. The average molecular weight is 275 g/mol. The molecule has 0 radical (unpaired) electrons. The summed E-state index contributed by atoms with van der Waals surface area (Å²) < 4.78 is 2.09. The third-order valence-corrected chi connectivity index (χ3v) is 4.94. The van der Waals surface area contributed by atoms with Crippen molar-refractivity contribution in [3.05, 3.63) is 18.0 Å². The molecule has 4 nitrogen and oxygen atoms in total. The van der Waals surface area contributed by atoms with Crippen LogP contribution in [-0.2, 0) is 11.2 Å². The van der Waals surface area contributed by atoms with Gasteiger partial charge in [-0.05, 0) is 45.2 Å². The van der Waals surface area contributed by atoms with Gasteiger partial charge in [0, 0.05) is 6.20 Å². The van der Waals surface area contributed by atoms with E-state index < -0.39 is 0 Å². The number of rotatable bonds is 4. The number of nitrogens with zero attached hydrogens (tertiary/aromatic N) is 2. The van der Waals surface area contributed by atoms with E-state index in [9.17, 15) is 4.79 Å². The van der Waals surface area contributed by atoms with E-state index in [4.69, 9.17) is 0 Å². The second-order valence-corrected chi connectivity index (χ2v) is 6.54. The first kappa shape index (κ1) is 13.8. The Labute approximate surface area is 120 Å². The summed E-state index contributed by atoms with van der Waals surface area (Å²) in [6, 6.07) is 2.57. The highest BCUT2D eigenvalue weighted by Crippen LogP contribution is 2.27. The van der Waals surface area contributed by atoms with Gasteiger partial charge in [-0.1, -0.05) is 19.3 Å². The van der Waals surface area contributed by atoms with Crippen LogP contribution >= 0.6 is 0 Å². The summed E-state index contributed by atoms with van der Waals surface area (Å²) in [6.07, 6.45) is 11.0. The lowest BCUT2D eigenvalue weighted by Gasteiger charge is -2.22. The van der Waals surface area contributed by atoms with Gasteiger partial charge in [0.25, 0.3) is 0 Å². The van der Waals surface area contributed by atoms with Gasteiger partial charge in [0.15, 0.2) is 5.78 Å². The molecule has 110 valence electrons. The molecule has 1 N–H and O–H groups in total. The molecule has 20 heavy (non-hydrogen) atoms. The van der Waals surface area contributed by atoms with Crippen molar-refractivity contribution in [1.82, 2.24) is 15.1 Å². The Morgan fingerprint density at radius 1 is 1.40 bits per heavy atom. The number of hydrogen-bond acceptors (Lipinski definition) is 3. The number of hydrogen-bond donors (Lipinski definition) is 1. The standard InChI is InChI=1S/C16H25N3O/c1-16(9-5-10-17-16)15(20)12-13-8-11-19(18-13)14-6-3-2-4-7-14/h8,11,14,17H,2-7,9-10,12H2,1H3. The van der Waals surface area contributed by atoms with E-state index in [0.717, 1.165) is 25.1 Å². The highest BCUT2D eigenvalue weighted by Gasteiger charge is 2.35. The van der Waals surface area contributed by atoms with Gasteiger partial charge in [-0.15, -0.1) is 0 Å². The van der Waals surface area contributed by atoms with Crippen molar-refractivity contribution in [3.63, 3.8) is 0 Å². The van der Waals surface area contributed by atoms with E-state index in [2.05, 4.69) is 21.3 Å². The van der Waals surface area contributed by atoms with Crippen molar-refractivity contribution in [1.29, 1.82) is 0 Å². The smallest absolute Gasteiger partial charge is 0.158 e. The maximum atomic E-state index is 12.4. The van der Waals surface area contributed by atoms with Crippen LogP contribution < -0.4 is 5.32 Å². The van der Waals surface area contributed by atoms with Gasteiger partial charge >= 0.3 is 0 Å². The number of carbonyl (C=O) groups is 1. The van der Waals surface area contributed by atoms with Crippen molar-refractivity contribution in [2.24, 2.45) is 0 Å². The predicted molar refractivity (Wildman–Crippen MR) is 78.7 cm³/mol. The molecular weight excluding hydrogens is 250 g/mol. The molecule has 0 spiro atoms. The highest BCUT2D eigenvalue weighted by molar-refractivity contribution is 5.89. The largest absolute Gasteiger partial charge is 0.305 e. The summed E-state index contributed by atoms with van der Waals surface area (Å²) in [7, 11) is 0. The first-order valence-corrected chi connectivity index (χ1v) is 8.00. The third kappa shape index (κ3) is 2.80. The van der Waals surface area contributed by atoms with E-state index >= 15 is 0 Å². The quantitative estimate of drug-likeness (QED) is 0.919. The fourth-order valence-electron chi connectivity index (χ4n) is 3.51. The molecule has 4 heteroatoms. The van der Waals surface area contributed by atoms with Gasteiger partial charge < -0.3 is 5.32 Å². The molecule has 0 aromatic carbocycles. The fourth-order valence-corrected chi connectivity index (χ4v) is 3.51. The Morgan fingerprint density at radius 2 is 2.20 bits per heavy atom. The van der Waals surface area contributed by atoms with Crippen molar-refractivity contribution in [3.8, 4) is 0 Å². The molecular formula is C16H25N3O. The van der Waals surface area contributed by atoms with Gasteiger partial charge in [0.05, 0.1) is 23.7 Å². The molecule has 1 unspecified atom stereocenters. The van der Waals surface area contributed by atoms with Gasteiger partial charge in [0.1, 0.15) is 0 Å². The first-order valence-electron chi connectivity index (χ1n) is 8.00. The second kappa shape index (κ2) is 5.68. The van der Waals surface area contributed by atoms with Crippen molar-refractivity contribution in [2.45, 2.75) is 69.9 Å². The van der Waals surface area contributed by atoms with Gasteiger partial charge in [-0.2, -0.15) is 5.10 Å². The molecule has 1 atom stereocenters. The number of ketones is 1. The van der Waals surface area contributed by atoms with E-state index in [1.165, 1.54) is 32.1 Å². The van der Waals surface area contributed by atoms with Crippen molar-refractivity contribution < 1.29 is 4.79 Å². The van der Waals surface area contributed by atoms with Crippen LogP contribution in [0.25, 0.3) is 0 Å². The number of Topliss-reactive ketones (excluding diaryl/α,β-unsaturated/α-hetero) is 1. The van der Waals surface area contributed by atoms with E-state index in [0.29, 0.717) is 12.5 Å². The minimum Gasteiger partial charge on any atom is -0.305 e. The molecule has 2 heterocycles. The van der Waals surface area contributed by atoms with Crippen LogP contribution in [0.15, 0.2) is 12.3 Å². The van der Waals surface area contributed by atoms with Crippen LogP contribution in [0.1, 0.15) is 63.6 Å². The van der Waals surface area contributed by atoms with E-state index in [1.54, 1.807) is 0 Å². The molecule has 0 amide bonds. The summed E-state index contributed by atoms with van der Waals surface area (Å²) in [6.45, 7) is 2.99. The Balaban J connectivity index is 1.63. The van der Waals surface area contributed by atoms with Gasteiger partial charge in [0.2, 0.25) is 0 Å². The fraction of sp³-hybridized carbons (Fsp3) is 0.750. The molecule has 1 aromatic rings. The van der Waals surface area contributed by atoms with Gasteiger partial charge in [-0.25, -0.2) is 0 Å². The summed E-state index contributed by atoms with van der Waals surface area (Å²) in [5.41, 5.74) is 0.602. The topological polar surface area (TPSA) is 46.9 Å². The predicted octanol–water partition coefficient (Wildman–Crippen LogP) is 2.64. The van der Waals surface area contributed by atoms with E-state index in [1.807, 2.05) is 13.0 Å². The number of nitrogens with one attached hydrogen (secondary N) is 1. The SMILES string of the molecule is CC1(C(=O)Cc2ccn(C3CCCCC3)n2)CCCN1. The molecule has 1 aliphatic carbocycles. The lowest BCUT2D eigenvalue weighted by Crippen LogP contribution is -2.45. The lowest BCUT2D eigenvalue weighted by atomic mass is 9.92. The van der Waals surface area contributed by atoms with Crippen LogP contribution in [0.2, 0.25) is 0 Å². The zero-order valence-corrected chi connectivity index (χ0v) is 12.4. The summed E-state index contributed by atoms with van der Waals surface area (Å²) in [4.78, 5) is 12.4. The lowest BCUT2D eigenvalue weighted by molar-refractivity contribution is -0.123. The Hall–Kier alpha value is -1.16. The zero-order valence-electron chi connectivity index (χ0n) is 12.4. The van der Waals surface area contributed by atoms with Crippen LogP contribution in [0.3, 0.4) is 0 Å². The third-order valence-electron chi connectivity index (χ3n) is 4.94. The number of aromatic nitrogens is 2. The molecule has 1 aromatic heterocycles. The van der Waals surface area contributed by atoms with Crippen LogP contribution in [0.4, 0.5) is 0 Å². The molecule has 3 rings (SSSR count). The van der Waals surface area contributed by atoms with Crippen molar-refractivity contribution >= 4 is 5.78 Å². The van der Waals surface area contributed by atoms with E-state index in [-0.39, 0.29) is 11.3 Å². The summed E-state index contributed by atoms with van der Waals surface area (Å²) >= 11 is 0. The Bertz CT molecular complexity index is 468. The summed E-state index contributed by atoms with van der Waals surface area (Å²) in [5.74, 6) is 0.281. The summed E-state index contributed by atoms with van der Waals surface area (Å²) in [5, 5.41) is 7.98. The minimum atomic E-state index is -0.325. The molecule has 1 saturated carbocycles. The molecule has 2 fully saturated rings. The van der Waals surface area contributed by atoms with Crippen LogP contribution in [0.5, 0.6) is 0 Å². The highest BCUT2D eigenvalue weighted by atomic mass is 16.1. The maximum Gasteiger partial charge on any atom is 0.158 e. The minimum absolute atomic E-state index is 0.281. The normalized spacial score (nSPS) is 27.9.